The average molecular weight is 208 g/mol. The van der Waals surface area contributed by atoms with Gasteiger partial charge in [0.05, 0.1) is 0 Å². The molecule has 0 heterocycles. The van der Waals surface area contributed by atoms with Gasteiger partial charge in [-0.25, -0.2) is 9.18 Å². The predicted molar refractivity (Wildman–Crippen MR) is 57.6 cm³/mol. The van der Waals surface area contributed by atoms with Crippen molar-refractivity contribution >= 4 is 12.1 Å². The van der Waals surface area contributed by atoms with Crippen LogP contribution in [0.5, 0.6) is 0 Å². The SMILES string of the molecule is CCNC(=O)N/C=C/c1cccc(F)c1. The summed E-state index contributed by atoms with van der Waals surface area (Å²) in [4.78, 5) is 11.0. The molecule has 0 fully saturated rings. The van der Waals surface area contributed by atoms with Gasteiger partial charge in [-0.3, -0.25) is 0 Å². The maximum atomic E-state index is 12.7. The van der Waals surface area contributed by atoms with E-state index in [9.17, 15) is 9.18 Å². The first-order chi connectivity index (χ1) is 7.22. The Morgan fingerprint density at radius 3 is 3.00 bits per heavy atom. The predicted octanol–water partition coefficient (Wildman–Crippen LogP) is 2.12. The van der Waals surface area contributed by atoms with Gasteiger partial charge in [0, 0.05) is 12.7 Å². The minimum Gasteiger partial charge on any atom is -0.338 e. The van der Waals surface area contributed by atoms with Gasteiger partial charge >= 0.3 is 6.03 Å². The van der Waals surface area contributed by atoms with Gasteiger partial charge in [-0.05, 0) is 30.7 Å². The van der Waals surface area contributed by atoms with Crippen LogP contribution in [0.15, 0.2) is 30.5 Å². The summed E-state index contributed by atoms with van der Waals surface area (Å²) < 4.78 is 12.7. The molecule has 3 nitrogen and oxygen atoms in total. The second-order valence-electron chi connectivity index (χ2n) is 2.89. The first-order valence-electron chi connectivity index (χ1n) is 4.69. The van der Waals surface area contributed by atoms with Gasteiger partial charge in [-0.1, -0.05) is 12.1 Å². The maximum Gasteiger partial charge on any atom is 0.318 e. The van der Waals surface area contributed by atoms with Gasteiger partial charge < -0.3 is 10.6 Å². The van der Waals surface area contributed by atoms with Crippen LogP contribution in [0, 0.1) is 5.82 Å². The molecule has 1 aromatic rings. The first-order valence-corrected chi connectivity index (χ1v) is 4.69. The molecule has 2 amide bonds. The van der Waals surface area contributed by atoms with Gasteiger partial charge in [-0.2, -0.15) is 0 Å². The van der Waals surface area contributed by atoms with Crippen LogP contribution in [-0.2, 0) is 0 Å². The minimum absolute atomic E-state index is 0.273. The van der Waals surface area contributed by atoms with Crippen molar-refractivity contribution < 1.29 is 9.18 Å². The van der Waals surface area contributed by atoms with Crippen molar-refractivity contribution in [3.63, 3.8) is 0 Å². The highest BCUT2D eigenvalue weighted by Crippen LogP contribution is 2.04. The van der Waals surface area contributed by atoms with Gasteiger partial charge in [0.1, 0.15) is 5.82 Å². The Morgan fingerprint density at radius 2 is 2.33 bits per heavy atom. The number of amides is 2. The molecule has 0 atom stereocenters. The van der Waals surface area contributed by atoms with Crippen molar-refractivity contribution in [2.45, 2.75) is 6.92 Å². The molecular weight excluding hydrogens is 195 g/mol. The summed E-state index contributed by atoms with van der Waals surface area (Å²) in [6.07, 6.45) is 3.10. The lowest BCUT2D eigenvalue weighted by Gasteiger charge is -1.99. The zero-order valence-electron chi connectivity index (χ0n) is 8.46. The monoisotopic (exact) mass is 208 g/mol. The lowest BCUT2D eigenvalue weighted by Crippen LogP contribution is -2.31. The molecule has 1 rings (SSSR count). The molecule has 0 aliphatic heterocycles. The molecule has 0 radical (unpaired) electrons. The lowest BCUT2D eigenvalue weighted by atomic mass is 10.2. The van der Waals surface area contributed by atoms with Crippen LogP contribution in [0.25, 0.3) is 6.08 Å². The number of benzene rings is 1. The molecule has 0 aliphatic rings. The van der Waals surface area contributed by atoms with Crippen LogP contribution in [-0.4, -0.2) is 12.6 Å². The molecule has 0 aliphatic carbocycles. The Kier molecular flexibility index (Phi) is 4.34. The zero-order chi connectivity index (χ0) is 11.1. The van der Waals surface area contributed by atoms with Crippen LogP contribution in [0.3, 0.4) is 0 Å². The Hall–Kier alpha value is -1.84. The second-order valence-corrected chi connectivity index (χ2v) is 2.89. The number of urea groups is 1. The fraction of sp³-hybridized carbons (Fsp3) is 0.182. The highest BCUT2D eigenvalue weighted by atomic mass is 19.1. The molecule has 0 spiro atoms. The number of halogens is 1. The number of hydrogen-bond acceptors (Lipinski definition) is 1. The molecule has 4 heteroatoms. The average Bonchev–Trinajstić information content (AvgIpc) is 2.18. The zero-order valence-corrected chi connectivity index (χ0v) is 8.46. The Labute approximate surface area is 88.0 Å². The van der Waals surface area contributed by atoms with Crippen LogP contribution in [0.2, 0.25) is 0 Å². The van der Waals surface area contributed by atoms with Gasteiger partial charge in [0.2, 0.25) is 0 Å². The summed E-state index contributed by atoms with van der Waals surface area (Å²) >= 11 is 0. The molecule has 1 aromatic carbocycles. The normalized spacial score (nSPS) is 10.3. The third-order valence-corrected chi connectivity index (χ3v) is 1.68. The van der Waals surface area contributed by atoms with Crippen molar-refractivity contribution in [3.05, 3.63) is 41.8 Å². The standard InChI is InChI=1S/C11H13FN2O/c1-2-13-11(15)14-7-6-9-4-3-5-10(12)8-9/h3-8H,2H2,1H3,(H2,13,14,15)/b7-6+. The summed E-state index contributed by atoms with van der Waals surface area (Å²) in [5, 5.41) is 5.07. The lowest BCUT2D eigenvalue weighted by molar-refractivity contribution is 0.244. The largest absolute Gasteiger partial charge is 0.338 e. The quantitative estimate of drug-likeness (QED) is 0.784. The molecule has 15 heavy (non-hydrogen) atoms. The fourth-order valence-corrected chi connectivity index (χ4v) is 1.04. The van der Waals surface area contributed by atoms with Gasteiger partial charge in [0.25, 0.3) is 0 Å². The number of carbonyl (C=O) groups is 1. The van der Waals surface area contributed by atoms with E-state index in [1.165, 1.54) is 18.3 Å². The molecule has 0 unspecified atom stereocenters. The van der Waals surface area contributed by atoms with Crippen LogP contribution < -0.4 is 10.6 Å². The van der Waals surface area contributed by atoms with Crippen molar-refractivity contribution in [1.29, 1.82) is 0 Å². The molecule has 0 aromatic heterocycles. The van der Waals surface area contributed by atoms with E-state index in [1.54, 1.807) is 18.2 Å². The van der Waals surface area contributed by atoms with E-state index in [4.69, 9.17) is 0 Å². The van der Waals surface area contributed by atoms with Crippen LogP contribution >= 0.6 is 0 Å². The van der Waals surface area contributed by atoms with Crippen molar-refractivity contribution in [3.8, 4) is 0 Å². The van der Waals surface area contributed by atoms with Gasteiger partial charge in [0.15, 0.2) is 0 Å². The van der Waals surface area contributed by atoms with E-state index < -0.39 is 0 Å². The summed E-state index contributed by atoms with van der Waals surface area (Å²) in [6, 6.07) is 5.84. The van der Waals surface area contributed by atoms with E-state index >= 15 is 0 Å². The van der Waals surface area contributed by atoms with E-state index in [0.717, 1.165) is 0 Å². The van der Waals surface area contributed by atoms with Crippen molar-refractivity contribution in [2.24, 2.45) is 0 Å². The Morgan fingerprint density at radius 1 is 1.53 bits per heavy atom. The minimum atomic E-state index is -0.296. The molecule has 0 saturated heterocycles. The smallest absolute Gasteiger partial charge is 0.318 e. The van der Waals surface area contributed by atoms with Crippen molar-refractivity contribution in [2.75, 3.05) is 6.54 Å². The van der Waals surface area contributed by atoms with E-state index in [1.807, 2.05) is 6.92 Å². The summed E-state index contributed by atoms with van der Waals surface area (Å²) in [6.45, 7) is 2.40. The van der Waals surface area contributed by atoms with E-state index in [-0.39, 0.29) is 11.8 Å². The van der Waals surface area contributed by atoms with Crippen LogP contribution in [0.4, 0.5) is 9.18 Å². The number of nitrogens with one attached hydrogen (secondary N) is 2. The third kappa shape index (κ3) is 4.26. The molecular formula is C11H13FN2O. The maximum absolute atomic E-state index is 12.7. The summed E-state index contributed by atoms with van der Waals surface area (Å²) in [5.41, 5.74) is 0.701. The molecule has 0 saturated carbocycles. The highest BCUT2D eigenvalue weighted by Gasteiger charge is 1.92. The molecule has 2 N–H and O–H groups in total. The summed E-state index contributed by atoms with van der Waals surface area (Å²) in [5.74, 6) is -0.296. The topological polar surface area (TPSA) is 41.1 Å². The molecule has 80 valence electrons. The second kappa shape index (κ2) is 5.80. The van der Waals surface area contributed by atoms with E-state index in [0.29, 0.717) is 12.1 Å². The highest BCUT2D eigenvalue weighted by molar-refractivity contribution is 5.75. The van der Waals surface area contributed by atoms with E-state index in [2.05, 4.69) is 10.6 Å². The first kappa shape index (κ1) is 11.2. The Balaban J connectivity index is 2.48. The number of carbonyl (C=O) groups excluding carboxylic acids is 1. The Bertz CT molecular complexity index is 363. The fourth-order valence-electron chi connectivity index (χ4n) is 1.04. The number of hydrogen-bond donors (Lipinski definition) is 2. The van der Waals surface area contributed by atoms with Gasteiger partial charge in [-0.15, -0.1) is 0 Å². The summed E-state index contributed by atoms with van der Waals surface area (Å²) in [7, 11) is 0. The third-order valence-electron chi connectivity index (χ3n) is 1.68. The van der Waals surface area contributed by atoms with Crippen LogP contribution in [0.1, 0.15) is 12.5 Å². The molecule has 0 bridgehead atoms. The van der Waals surface area contributed by atoms with Crippen molar-refractivity contribution in [1.82, 2.24) is 10.6 Å². The number of rotatable bonds is 3.